The summed E-state index contributed by atoms with van der Waals surface area (Å²) in [6.45, 7) is 0.766. The molecule has 2 atom stereocenters. The zero-order chi connectivity index (χ0) is 16.6. The van der Waals surface area contributed by atoms with E-state index in [1.165, 1.54) is 11.8 Å². The van der Waals surface area contributed by atoms with E-state index in [4.69, 9.17) is 20.1 Å². The van der Waals surface area contributed by atoms with Crippen LogP contribution >= 0.6 is 11.8 Å². The van der Waals surface area contributed by atoms with Crippen LogP contribution in [0.25, 0.3) is 0 Å². The van der Waals surface area contributed by atoms with Crippen LogP contribution in [0.15, 0.2) is 0 Å². The summed E-state index contributed by atoms with van der Waals surface area (Å²) in [4.78, 5) is 43.8. The van der Waals surface area contributed by atoms with E-state index in [1.54, 1.807) is 6.92 Å². The summed E-state index contributed by atoms with van der Waals surface area (Å²) in [5.41, 5.74) is -3.15. The molecule has 0 radical (unpaired) electrons. The molecule has 0 aromatic rings. The number of carbonyl (C=O) groups excluding carboxylic acids is 1. The second-order valence-corrected chi connectivity index (χ2v) is 5.28. The summed E-state index contributed by atoms with van der Waals surface area (Å²) >= 11 is 1.23. The van der Waals surface area contributed by atoms with Crippen LogP contribution in [0.2, 0.25) is 0 Å². The van der Waals surface area contributed by atoms with Crippen molar-refractivity contribution in [3.63, 3.8) is 0 Å². The van der Waals surface area contributed by atoms with Crippen molar-refractivity contribution in [2.24, 2.45) is 0 Å². The molecular weight excluding hydrogens is 308 g/mol. The lowest BCUT2D eigenvalue weighted by molar-refractivity contribution is -0.174. The fourth-order valence-electron chi connectivity index (χ4n) is 1.22. The molecule has 0 rings (SSSR count). The van der Waals surface area contributed by atoms with Crippen LogP contribution in [-0.2, 0) is 23.9 Å². The monoisotopic (exact) mass is 324 g/mol. The highest BCUT2D eigenvalue weighted by molar-refractivity contribution is 7.99. The minimum atomic E-state index is -3.15. The maximum absolute atomic E-state index is 11.6. The highest BCUT2D eigenvalue weighted by Gasteiger charge is 2.46. The number of Topliss-reactive ketones (excluding diaryl/α,β-unsaturated/α-hetero) is 1. The number of aliphatic hydroxyl groups is 1. The molecule has 0 bridgehead atoms. The van der Waals surface area contributed by atoms with Gasteiger partial charge in [0.2, 0.25) is 11.4 Å². The predicted octanol–water partition coefficient (Wildman–Crippen LogP) is -0.931. The highest BCUT2D eigenvalue weighted by atomic mass is 32.2. The molecule has 0 aliphatic rings. The Morgan fingerprint density at radius 3 is 2.14 bits per heavy atom. The van der Waals surface area contributed by atoms with Crippen molar-refractivity contribution in [3.05, 3.63) is 0 Å². The number of ether oxygens (including phenoxy) is 1. The van der Waals surface area contributed by atoms with Gasteiger partial charge < -0.3 is 25.2 Å². The molecular formula is C11H16O9S. The molecule has 4 N–H and O–H groups in total. The molecule has 0 saturated heterocycles. The Morgan fingerprint density at radius 1 is 1.19 bits per heavy atom. The number of rotatable bonds is 11. The van der Waals surface area contributed by atoms with Gasteiger partial charge in [0.15, 0.2) is 6.10 Å². The smallest absolute Gasteiger partial charge is 0.344 e. The molecule has 0 aliphatic heterocycles. The Labute approximate surface area is 123 Å². The van der Waals surface area contributed by atoms with E-state index >= 15 is 0 Å². The Morgan fingerprint density at radius 2 is 1.76 bits per heavy atom. The number of ketones is 1. The molecule has 0 aliphatic carbocycles. The number of aliphatic carboxylic acids is 3. The second-order valence-electron chi connectivity index (χ2n) is 3.96. The Kier molecular flexibility index (Phi) is 7.92. The lowest BCUT2D eigenvalue weighted by Gasteiger charge is -2.21. The maximum Gasteiger partial charge on any atom is 0.344 e. The predicted molar refractivity (Wildman–Crippen MR) is 70.2 cm³/mol. The molecule has 9 nitrogen and oxygen atoms in total. The number of carboxylic acids is 3. The summed E-state index contributed by atoms with van der Waals surface area (Å²) in [5.74, 6) is -5.85. The van der Waals surface area contributed by atoms with Crippen LogP contribution < -0.4 is 0 Å². The quantitative estimate of drug-likeness (QED) is 0.350. The number of carbonyl (C=O) groups is 4. The summed E-state index contributed by atoms with van der Waals surface area (Å²) in [6, 6.07) is 0. The summed E-state index contributed by atoms with van der Waals surface area (Å²) in [6.07, 6.45) is -2.70. The van der Waals surface area contributed by atoms with Gasteiger partial charge >= 0.3 is 17.9 Å². The lowest BCUT2D eigenvalue weighted by Crippen LogP contribution is -2.50. The first-order valence-electron chi connectivity index (χ1n) is 5.78. The molecule has 120 valence electrons. The van der Waals surface area contributed by atoms with Gasteiger partial charge in [-0.1, -0.05) is 6.92 Å². The third kappa shape index (κ3) is 6.10. The number of hydrogen-bond donors (Lipinski definition) is 4. The van der Waals surface area contributed by atoms with Crippen LogP contribution in [-0.4, -0.2) is 73.9 Å². The molecule has 0 spiro atoms. The normalized spacial score (nSPS) is 15.0. The van der Waals surface area contributed by atoms with E-state index in [0.717, 1.165) is 0 Å². The zero-order valence-corrected chi connectivity index (χ0v) is 12.0. The van der Waals surface area contributed by atoms with Crippen molar-refractivity contribution in [2.75, 3.05) is 18.1 Å². The number of thioether (sulfide) groups is 1. The minimum Gasteiger partial charge on any atom is -0.481 e. The first-order chi connectivity index (χ1) is 9.65. The molecule has 21 heavy (non-hydrogen) atoms. The fourth-order valence-corrected chi connectivity index (χ4v) is 1.91. The van der Waals surface area contributed by atoms with E-state index in [0.29, 0.717) is 5.75 Å². The molecule has 2 unspecified atom stereocenters. The molecule has 10 heteroatoms. The van der Waals surface area contributed by atoms with Gasteiger partial charge in [0.25, 0.3) is 0 Å². The Bertz CT molecular complexity index is 422. The van der Waals surface area contributed by atoms with Gasteiger partial charge in [0.05, 0.1) is 6.42 Å². The maximum atomic E-state index is 11.6. The molecule has 0 aromatic carbocycles. The largest absolute Gasteiger partial charge is 0.481 e. The van der Waals surface area contributed by atoms with Crippen molar-refractivity contribution in [3.8, 4) is 0 Å². The minimum absolute atomic E-state index is 0.0313. The van der Waals surface area contributed by atoms with E-state index in [9.17, 15) is 24.3 Å². The van der Waals surface area contributed by atoms with Gasteiger partial charge in [0.1, 0.15) is 6.61 Å². The van der Waals surface area contributed by atoms with E-state index in [2.05, 4.69) is 0 Å². The standard InChI is InChI=1S/C11H16O9S/c1-2-21-5-6(9(15)16)20-4-7(12)11(19,10(17)18)3-8(13)14/h6,19H,2-5H2,1H3,(H,13,14)(H,15,16)(H,17,18). The van der Waals surface area contributed by atoms with Crippen molar-refractivity contribution in [1.29, 1.82) is 0 Å². The molecule has 0 saturated carbocycles. The first kappa shape index (κ1) is 19.4. The van der Waals surface area contributed by atoms with E-state index in [-0.39, 0.29) is 5.75 Å². The van der Waals surface area contributed by atoms with Gasteiger partial charge in [-0.2, -0.15) is 11.8 Å². The average molecular weight is 324 g/mol. The van der Waals surface area contributed by atoms with Crippen LogP contribution in [0.1, 0.15) is 13.3 Å². The average Bonchev–Trinajstić information content (AvgIpc) is 2.36. The van der Waals surface area contributed by atoms with Crippen LogP contribution in [0, 0.1) is 0 Å². The highest BCUT2D eigenvalue weighted by Crippen LogP contribution is 2.14. The summed E-state index contributed by atoms with van der Waals surface area (Å²) in [7, 11) is 0. The van der Waals surface area contributed by atoms with Crippen LogP contribution in [0.4, 0.5) is 0 Å². The van der Waals surface area contributed by atoms with Gasteiger partial charge in [-0.15, -0.1) is 0 Å². The third-order valence-electron chi connectivity index (χ3n) is 2.39. The first-order valence-corrected chi connectivity index (χ1v) is 6.93. The number of hydrogen-bond acceptors (Lipinski definition) is 7. The van der Waals surface area contributed by atoms with Crippen molar-refractivity contribution >= 4 is 35.5 Å². The fraction of sp³-hybridized carbons (Fsp3) is 0.636. The number of carboxylic acid groups (broad SMARTS) is 3. The second kappa shape index (κ2) is 8.60. The van der Waals surface area contributed by atoms with Crippen molar-refractivity contribution in [1.82, 2.24) is 0 Å². The van der Waals surface area contributed by atoms with Gasteiger partial charge in [-0.05, 0) is 5.75 Å². The molecule has 0 heterocycles. The Balaban J connectivity index is 4.79. The van der Waals surface area contributed by atoms with Crippen LogP contribution in [0.3, 0.4) is 0 Å². The van der Waals surface area contributed by atoms with Gasteiger partial charge in [-0.3, -0.25) is 9.59 Å². The topological polar surface area (TPSA) is 158 Å². The van der Waals surface area contributed by atoms with Gasteiger partial charge in [-0.25, -0.2) is 9.59 Å². The zero-order valence-electron chi connectivity index (χ0n) is 11.1. The summed E-state index contributed by atoms with van der Waals surface area (Å²) in [5, 5.41) is 35.7. The van der Waals surface area contributed by atoms with Crippen molar-refractivity contribution < 1.29 is 44.3 Å². The van der Waals surface area contributed by atoms with E-state index < -0.39 is 48.4 Å². The molecule has 0 amide bonds. The third-order valence-corrected chi connectivity index (χ3v) is 3.33. The van der Waals surface area contributed by atoms with Crippen LogP contribution in [0.5, 0.6) is 0 Å². The SMILES string of the molecule is CCSCC(OCC(=O)C(O)(CC(=O)O)C(=O)O)C(=O)O. The molecule has 0 fully saturated rings. The van der Waals surface area contributed by atoms with E-state index in [1.807, 2.05) is 0 Å². The Hall–Kier alpha value is -1.65. The van der Waals surface area contributed by atoms with Gasteiger partial charge in [0, 0.05) is 5.75 Å². The van der Waals surface area contributed by atoms with Crippen molar-refractivity contribution in [2.45, 2.75) is 25.0 Å². The summed E-state index contributed by atoms with van der Waals surface area (Å²) < 4.78 is 4.76. The lowest BCUT2D eigenvalue weighted by atomic mass is 9.95. The molecule has 0 aromatic heterocycles.